The van der Waals surface area contributed by atoms with Gasteiger partial charge in [0.1, 0.15) is 5.75 Å². The number of likely N-dealkylation sites (tertiary alicyclic amines) is 1. The van der Waals surface area contributed by atoms with E-state index >= 15 is 0 Å². The van der Waals surface area contributed by atoms with Gasteiger partial charge in [-0.3, -0.25) is 9.69 Å². The molecular weight excluding hydrogens is 436 g/mol. The summed E-state index contributed by atoms with van der Waals surface area (Å²) in [7, 11) is 1.58. The Kier molecular flexibility index (Phi) is 9.33. The Labute approximate surface area is 201 Å². The maximum atomic E-state index is 13.0. The predicted octanol–water partition coefficient (Wildman–Crippen LogP) is 2.49. The molecule has 3 rings (SSSR count). The van der Waals surface area contributed by atoms with Gasteiger partial charge in [0.2, 0.25) is 5.91 Å². The van der Waals surface area contributed by atoms with Crippen molar-refractivity contribution in [2.24, 2.45) is 5.92 Å². The lowest BCUT2D eigenvalue weighted by molar-refractivity contribution is -0.139. The van der Waals surface area contributed by atoms with Crippen molar-refractivity contribution in [1.29, 1.82) is 0 Å². The molecule has 9 heteroatoms. The summed E-state index contributed by atoms with van der Waals surface area (Å²) in [6.07, 6.45) is 3.71. The Hall–Kier alpha value is -3.07. The number of benzene rings is 1. The summed E-state index contributed by atoms with van der Waals surface area (Å²) in [6, 6.07) is 6.20. The topological polar surface area (TPSA) is 109 Å². The normalized spacial score (nSPS) is 20.9. The van der Waals surface area contributed by atoms with Gasteiger partial charge in [0.05, 0.1) is 31.2 Å². The van der Waals surface area contributed by atoms with E-state index in [1.807, 2.05) is 12.1 Å². The minimum atomic E-state index is -0.647. The zero-order valence-corrected chi connectivity index (χ0v) is 20.3. The molecule has 1 aromatic rings. The first-order valence-corrected chi connectivity index (χ1v) is 12.1. The second-order valence-electron chi connectivity index (χ2n) is 8.64. The standard InChI is InChI=1S/C25H36N4O5/c1-4-6-13-26-23(30)18-8-7-14-29(15-18)16-20-21(24(31)34-5-2)22(28-25(32)27-20)17-9-11-19(33-3)12-10-17/h9-12,18,22H,4-8,13-16H2,1-3H3,(H,26,30)(H2,27,28,32). The summed E-state index contributed by atoms with van der Waals surface area (Å²) in [6.45, 7) is 6.48. The van der Waals surface area contributed by atoms with E-state index in [2.05, 4.69) is 27.8 Å². The molecule has 3 amide bonds. The van der Waals surface area contributed by atoms with Gasteiger partial charge in [0.25, 0.3) is 0 Å². The molecule has 0 radical (unpaired) electrons. The van der Waals surface area contributed by atoms with E-state index in [1.54, 1.807) is 26.2 Å². The molecule has 0 bridgehead atoms. The molecule has 186 valence electrons. The number of hydrogen-bond donors (Lipinski definition) is 3. The molecule has 2 heterocycles. The fourth-order valence-electron chi connectivity index (χ4n) is 4.41. The second kappa shape index (κ2) is 12.4. The van der Waals surface area contributed by atoms with Crippen LogP contribution >= 0.6 is 0 Å². The molecule has 0 spiro atoms. The smallest absolute Gasteiger partial charge is 0.338 e. The van der Waals surface area contributed by atoms with Gasteiger partial charge in [-0.15, -0.1) is 0 Å². The summed E-state index contributed by atoms with van der Waals surface area (Å²) in [5.41, 5.74) is 1.64. The molecule has 0 aromatic heterocycles. The van der Waals surface area contributed by atoms with Crippen LogP contribution in [0.5, 0.6) is 5.75 Å². The number of hydrogen-bond acceptors (Lipinski definition) is 6. The van der Waals surface area contributed by atoms with E-state index in [9.17, 15) is 14.4 Å². The molecule has 1 aromatic carbocycles. The van der Waals surface area contributed by atoms with E-state index in [1.165, 1.54) is 0 Å². The third kappa shape index (κ3) is 6.50. The number of nitrogens with one attached hydrogen (secondary N) is 3. The largest absolute Gasteiger partial charge is 0.497 e. The van der Waals surface area contributed by atoms with E-state index < -0.39 is 12.0 Å². The number of methoxy groups -OCH3 is 1. The van der Waals surface area contributed by atoms with Crippen molar-refractivity contribution in [3.05, 3.63) is 41.1 Å². The van der Waals surface area contributed by atoms with E-state index in [0.29, 0.717) is 36.7 Å². The van der Waals surface area contributed by atoms with Crippen LogP contribution in [0.3, 0.4) is 0 Å². The van der Waals surface area contributed by atoms with Crippen molar-refractivity contribution < 1.29 is 23.9 Å². The molecule has 34 heavy (non-hydrogen) atoms. The molecule has 9 nitrogen and oxygen atoms in total. The molecule has 3 N–H and O–H groups in total. The minimum absolute atomic E-state index is 0.0724. The molecule has 2 aliphatic heterocycles. The van der Waals surface area contributed by atoms with Crippen LogP contribution in [-0.2, 0) is 14.3 Å². The Morgan fingerprint density at radius 1 is 1.21 bits per heavy atom. The van der Waals surface area contributed by atoms with Crippen LogP contribution in [0.25, 0.3) is 0 Å². The lowest BCUT2D eigenvalue weighted by atomic mass is 9.93. The highest BCUT2D eigenvalue weighted by molar-refractivity contribution is 5.95. The van der Waals surface area contributed by atoms with Crippen LogP contribution in [-0.4, -0.2) is 62.7 Å². The van der Waals surface area contributed by atoms with Gasteiger partial charge in [0, 0.05) is 25.3 Å². The number of nitrogens with zero attached hydrogens (tertiary/aromatic N) is 1. The molecule has 1 saturated heterocycles. The van der Waals surface area contributed by atoms with Crippen molar-refractivity contribution in [3.8, 4) is 5.75 Å². The lowest BCUT2D eigenvalue weighted by Crippen LogP contribution is -2.50. The highest BCUT2D eigenvalue weighted by Crippen LogP contribution is 2.30. The predicted molar refractivity (Wildman–Crippen MR) is 128 cm³/mol. The highest BCUT2D eigenvalue weighted by atomic mass is 16.5. The summed E-state index contributed by atoms with van der Waals surface area (Å²) in [5, 5.41) is 8.70. The van der Waals surface area contributed by atoms with Gasteiger partial charge in [-0.05, 0) is 50.4 Å². The molecule has 0 aliphatic carbocycles. The molecule has 2 atom stereocenters. The number of urea groups is 1. The number of ether oxygens (including phenoxy) is 2. The van der Waals surface area contributed by atoms with E-state index in [-0.39, 0.29) is 24.5 Å². The quantitative estimate of drug-likeness (QED) is 0.357. The number of carbonyl (C=O) groups is 3. The van der Waals surface area contributed by atoms with Gasteiger partial charge < -0.3 is 25.4 Å². The van der Waals surface area contributed by atoms with Crippen LogP contribution in [0.1, 0.15) is 51.1 Å². The van der Waals surface area contributed by atoms with Gasteiger partial charge in [-0.1, -0.05) is 25.5 Å². The zero-order valence-electron chi connectivity index (χ0n) is 20.3. The van der Waals surface area contributed by atoms with Crippen molar-refractivity contribution in [2.45, 2.75) is 45.6 Å². The summed E-state index contributed by atoms with van der Waals surface area (Å²) in [4.78, 5) is 40.3. The zero-order chi connectivity index (χ0) is 24.5. The van der Waals surface area contributed by atoms with E-state index in [0.717, 1.165) is 37.8 Å². The number of esters is 1. The summed E-state index contributed by atoms with van der Waals surface area (Å²) in [5.74, 6) is 0.175. The van der Waals surface area contributed by atoms with Crippen molar-refractivity contribution >= 4 is 17.9 Å². The van der Waals surface area contributed by atoms with Gasteiger partial charge >= 0.3 is 12.0 Å². The monoisotopic (exact) mass is 472 g/mol. The second-order valence-corrected chi connectivity index (χ2v) is 8.64. The average Bonchev–Trinajstić information content (AvgIpc) is 2.84. The molecule has 2 aliphatic rings. The maximum absolute atomic E-state index is 13.0. The average molecular weight is 473 g/mol. The first-order chi connectivity index (χ1) is 16.5. The van der Waals surface area contributed by atoms with Crippen molar-refractivity contribution in [1.82, 2.24) is 20.9 Å². The highest BCUT2D eigenvalue weighted by Gasteiger charge is 2.35. The SMILES string of the molecule is CCCCNC(=O)C1CCCN(CC2=C(C(=O)OCC)C(c3ccc(OC)cc3)NC(=O)N2)C1. The third-order valence-corrected chi connectivity index (χ3v) is 6.19. The van der Waals surface area contributed by atoms with Crippen LogP contribution in [0.15, 0.2) is 35.5 Å². The van der Waals surface area contributed by atoms with Gasteiger partial charge in [0.15, 0.2) is 0 Å². The van der Waals surface area contributed by atoms with Crippen molar-refractivity contribution in [2.75, 3.05) is 39.9 Å². The number of rotatable bonds is 10. The Bertz CT molecular complexity index is 899. The minimum Gasteiger partial charge on any atom is -0.497 e. The van der Waals surface area contributed by atoms with Crippen LogP contribution in [0.2, 0.25) is 0 Å². The molecule has 0 saturated carbocycles. The van der Waals surface area contributed by atoms with Crippen LogP contribution in [0, 0.1) is 5.92 Å². The van der Waals surface area contributed by atoms with Crippen LogP contribution in [0.4, 0.5) is 4.79 Å². The summed E-state index contributed by atoms with van der Waals surface area (Å²) < 4.78 is 10.6. The van der Waals surface area contributed by atoms with Crippen molar-refractivity contribution in [3.63, 3.8) is 0 Å². The third-order valence-electron chi connectivity index (χ3n) is 6.19. The van der Waals surface area contributed by atoms with E-state index in [4.69, 9.17) is 9.47 Å². The van der Waals surface area contributed by atoms with Gasteiger partial charge in [-0.2, -0.15) is 0 Å². The first kappa shape index (κ1) is 25.6. The fourth-order valence-corrected chi connectivity index (χ4v) is 4.41. The number of unbranched alkanes of at least 4 members (excludes halogenated alkanes) is 1. The maximum Gasteiger partial charge on any atom is 0.338 e. The van der Waals surface area contributed by atoms with Crippen LogP contribution < -0.4 is 20.7 Å². The summed E-state index contributed by atoms with van der Waals surface area (Å²) >= 11 is 0. The first-order valence-electron chi connectivity index (χ1n) is 12.1. The number of amides is 3. The number of carbonyl (C=O) groups excluding carboxylic acids is 3. The van der Waals surface area contributed by atoms with Gasteiger partial charge in [-0.25, -0.2) is 9.59 Å². The molecular formula is C25H36N4O5. The number of piperidine rings is 1. The Morgan fingerprint density at radius 2 is 1.97 bits per heavy atom. The Balaban J connectivity index is 1.83. The lowest BCUT2D eigenvalue weighted by Gasteiger charge is -2.35. The Morgan fingerprint density at radius 3 is 2.65 bits per heavy atom. The molecule has 1 fully saturated rings. The molecule has 2 unspecified atom stereocenters. The fraction of sp³-hybridized carbons (Fsp3) is 0.560.